The van der Waals surface area contributed by atoms with Crippen molar-refractivity contribution in [2.75, 3.05) is 19.6 Å². The molecular formula is C10H25NO. The van der Waals surface area contributed by atoms with Gasteiger partial charge in [-0.2, -0.15) is 0 Å². The fourth-order valence-electron chi connectivity index (χ4n) is 0.750. The summed E-state index contributed by atoms with van der Waals surface area (Å²) >= 11 is 0. The van der Waals surface area contributed by atoms with Crippen molar-refractivity contribution in [1.29, 1.82) is 0 Å². The molecule has 2 heteroatoms. The third-order valence-corrected chi connectivity index (χ3v) is 2.07. The second-order valence-electron chi connectivity index (χ2n) is 3.03. The highest BCUT2D eigenvalue weighted by Gasteiger charge is 1.92. The Morgan fingerprint density at radius 3 is 1.25 bits per heavy atom. The Morgan fingerprint density at radius 1 is 1.00 bits per heavy atom. The molecule has 0 fully saturated rings. The molecule has 0 amide bonds. The highest BCUT2D eigenvalue weighted by molar-refractivity contribution is 4.31. The summed E-state index contributed by atoms with van der Waals surface area (Å²) in [4.78, 5) is 1.68. The van der Waals surface area contributed by atoms with E-state index in [1.54, 1.807) is 11.8 Å². The van der Waals surface area contributed by atoms with E-state index in [0.717, 1.165) is 6.42 Å². The molecule has 0 bridgehead atoms. The number of quaternary nitrogens is 1. The number of hydrogen-bond donors (Lipinski definition) is 1. The molecule has 2 nitrogen and oxygen atoms in total. The van der Waals surface area contributed by atoms with Crippen LogP contribution in [0.5, 0.6) is 0 Å². The molecule has 0 saturated heterocycles. The molecule has 12 heavy (non-hydrogen) atoms. The first-order chi connectivity index (χ1) is 5.62. The molecule has 0 radical (unpaired) electrons. The first-order valence-electron chi connectivity index (χ1n) is 5.11. The van der Waals surface area contributed by atoms with Crippen LogP contribution in [0.3, 0.4) is 0 Å². The van der Waals surface area contributed by atoms with Gasteiger partial charge in [-0.25, -0.2) is 0 Å². The molecule has 1 N–H and O–H groups in total. The van der Waals surface area contributed by atoms with Crippen molar-refractivity contribution in [2.24, 2.45) is 0 Å². The lowest BCUT2D eigenvalue weighted by atomic mass is 10.3. The van der Waals surface area contributed by atoms with Crippen LogP contribution in [0.25, 0.3) is 0 Å². The molecule has 0 rings (SSSR count). The van der Waals surface area contributed by atoms with Gasteiger partial charge in [0, 0.05) is 0 Å². The molecule has 0 aromatic heterocycles. The minimum absolute atomic E-state index is 0.366. The Bertz CT molecular complexity index is 64.7. The third kappa shape index (κ3) is 12.6. The van der Waals surface area contributed by atoms with Gasteiger partial charge in [0.15, 0.2) is 0 Å². The minimum Gasteiger partial charge on any atom is -0.852 e. The Morgan fingerprint density at radius 2 is 1.25 bits per heavy atom. The highest BCUT2D eigenvalue weighted by atomic mass is 16.3. The van der Waals surface area contributed by atoms with Crippen LogP contribution in [0.4, 0.5) is 0 Å². The second-order valence-corrected chi connectivity index (χ2v) is 3.03. The predicted molar refractivity (Wildman–Crippen MR) is 52.3 cm³/mol. The zero-order chi connectivity index (χ0) is 9.98. The van der Waals surface area contributed by atoms with Gasteiger partial charge in [0.25, 0.3) is 0 Å². The maximum absolute atomic E-state index is 9.90. The molecule has 1 unspecified atom stereocenters. The summed E-state index contributed by atoms with van der Waals surface area (Å²) in [6.45, 7) is 14.0. The molecule has 0 aromatic rings. The van der Waals surface area contributed by atoms with E-state index in [1.807, 2.05) is 6.92 Å². The Balaban J connectivity index is 0. The van der Waals surface area contributed by atoms with Gasteiger partial charge in [-0.05, 0) is 20.8 Å². The van der Waals surface area contributed by atoms with E-state index in [1.165, 1.54) is 19.6 Å². The van der Waals surface area contributed by atoms with Crippen molar-refractivity contribution in [3.63, 3.8) is 0 Å². The molecule has 0 aromatic carbocycles. The largest absolute Gasteiger partial charge is 0.852 e. The van der Waals surface area contributed by atoms with E-state index in [2.05, 4.69) is 20.8 Å². The molecule has 0 aliphatic rings. The zero-order valence-corrected chi connectivity index (χ0v) is 9.31. The highest BCUT2D eigenvalue weighted by Crippen LogP contribution is 1.76. The fourth-order valence-corrected chi connectivity index (χ4v) is 0.750. The maximum atomic E-state index is 9.90. The predicted octanol–water partition coefficient (Wildman–Crippen LogP) is 0.0762. The SMILES string of the molecule is CCC(C)[O-].CC[NH+](CC)CC. The van der Waals surface area contributed by atoms with Crippen molar-refractivity contribution in [3.05, 3.63) is 0 Å². The van der Waals surface area contributed by atoms with Gasteiger partial charge >= 0.3 is 0 Å². The quantitative estimate of drug-likeness (QED) is 0.643. The molecule has 0 heterocycles. The van der Waals surface area contributed by atoms with Gasteiger partial charge in [-0.3, -0.25) is 0 Å². The summed E-state index contributed by atoms with van der Waals surface area (Å²) in [5, 5.41) is 9.90. The maximum Gasteiger partial charge on any atom is 0.0742 e. The summed E-state index contributed by atoms with van der Waals surface area (Å²) in [5.41, 5.74) is 0. The van der Waals surface area contributed by atoms with Gasteiger partial charge in [0.1, 0.15) is 0 Å². The molecule has 76 valence electrons. The lowest BCUT2D eigenvalue weighted by Gasteiger charge is -2.10. The summed E-state index contributed by atoms with van der Waals surface area (Å²) in [5.74, 6) is 0. The van der Waals surface area contributed by atoms with Crippen LogP contribution in [-0.4, -0.2) is 25.7 Å². The Labute approximate surface area is 77.6 Å². The first kappa shape index (κ1) is 14.4. The monoisotopic (exact) mass is 175 g/mol. The molecule has 0 aliphatic carbocycles. The minimum atomic E-state index is -0.366. The van der Waals surface area contributed by atoms with Crippen LogP contribution in [0.1, 0.15) is 41.0 Å². The second kappa shape index (κ2) is 10.9. The van der Waals surface area contributed by atoms with Crippen molar-refractivity contribution >= 4 is 0 Å². The molecule has 0 aliphatic heterocycles. The number of hydrogen-bond acceptors (Lipinski definition) is 1. The average Bonchev–Trinajstić information content (AvgIpc) is 2.09. The zero-order valence-electron chi connectivity index (χ0n) is 9.31. The van der Waals surface area contributed by atoms with Crippen LogP contribution in [0, 0.1) is 0 Å². The van der Waals surface area contributed by atoms with Crippen molar-refractivity contribution in [2.45, 2.75) is 47.1 Å². The number of nitrogens with one attached hydrogen (secondary N) is 1. The van der Waals surface area contributed by atoms with Gasteiger partial charge in [-0.15, -0.1) is 6.10 Å². The van der Waals surface area contributed by atoms with Gasteiger partial charge in [0.2, 0.25) is 0 Å². The molecule has 1 atom stereocenters. The van der Waals surface area contributed by atoms with Gasteiger partial charge < -0.3 is 10.0 Å². The summed E-state index contributed by atoms with van der Waals surface area (Å²) in [7, 11) is 0. The smallest absolute Gasteiger partial charge is 0.0742 e. The van der Waals surface area contributed by atoms with Gasteiger partial charge in [-0.1, -0.05) is 20.3 Å². The normalized spacial score (nSPS) is 12.2. The van der Waals surface area contributed by atoms with Crippen molar-refractivity contribution in [1.82, 2.24) is 0 Å². The summed E-state index contributed by atoms with van der Waals surface area (Å²) in [6, 6.07) is 0. The molecular weight excluding hydrogens is 150 g/mol. The number of rotatable bonds is 4. The van der Waals surface area contributed by atoms with E-state index in [4.69, 9.17) is 0 Å². The molecule has 0 spiro atoms. The van der Waals surface area contributed by atoms with E-state index in [-0.39, 0.29) is 6.10 Å². The average molecular weight is 175 g/mol. The summed E-state index contributed by atoms with van der Waals surface area (Å²) < 4.78 is 0. The van der Waals surface area contributed by atoms with Crippen LogP contribution in [0.2, 0.25) is 0 Å². The van der Waals surface area contributed by atoms with Crippen LogP contribution in [-0.2, 0) is 0 Å². The first-order valence-corrected chi connectivity index (χ1v) is 5.11. The Hall–Kier alpha value is -0.0800. The Kier molecular flexibility index (Phi) is 13.1. The standard InChI is InChI=1S/C6H15N.C4H9O/c1-4-7(5-2)6-3;1-3-4(2)5/h4-6H2,1-3H3;4H,3H2,1-2H3/q;-1/p+1. The van der Waals surface area contributed by atoms with Gasteiger partial charge in [0.05, 0.1) is 19.6 Å². The van der Waals surface area contributed by atoms with Crippen LogP contribution in [0.15, 0.2) is 0 Å². The fraction of sp³-hybridized carbons (Fsp3) is 1.00. The lowest BCUT2D eigenvalue weighted by Crippen LogP contribution is -3.11. The van der Waals surface area contributed by atoms with Crippen LogP contribution < -0.4 is 10.0 Å². The van der Waals surface area contributed by atoms with Crippen LogP contribution >= 0.6 is 0 Å². The van der Waals surface area contributed by atoms with Crippen molar-refractivity contribution < 1.29 is 10.0 Å². The van der Waals surface area contributed by atoms with E-state index in [0.29, 0.717) is 0 Å². The van der Waals surface area contributed by atoms with Crippen molar-refractivity contribution in [3.8, 4) is 0 Å². The molecule has 0 saturated carbocycles. The topological polar surface area (TPSA) is 27.5 Å². The third-order valence-electron chi connectivity index (χ3n) is 2.07. The van der Waals surface area contributed by atoms with E-state index < -0.39 is 0 Å². The van der Waals surface area contributed by atoms with E-state index >= 15 is 0 Å². The summed E-state index contributed by atoms with van der Waals surface area (Å²) in [6.07, 6.45) is 0.384. The lowest BCUT2D eigenvalue weighted by molar-refractivity contribution is -0.894. The van der Waals surface area contributed by atoms with E-state index in [9.17, 15) is 5.11 Å².